The minimum atomic E-state index is 1.00. The highest BCUT2D eigenvalue weighted by Crippen LogP contribution is 2.08. The minimum Gasteiger partial charge on any atom is -0.274 e. The molecule has 0 aliphatic rings. The van der Waals surface area contributed by atoms with Crippen LogP contribution in [-0.4, -0.2) is 4.98 Å². The maximum atomic E-state index is 5.28. The van der Waals surface area contributed by atoms with Gasteiger partial charge < -0.3 is 0 Å². The van der Waals surface area contributed by atoms with Gasteiger partial charge in [-0.2, -0.15) is 0 Å². The van der Waals surface area contributed by atoms with Crippen molar-refractivity contribution in [3.8, 4) is 0 Å². The number of hydrogen-bond acceptors (Lipinski definition) is 3. The Hall–Kier alpha value is -0.540. The van der Waals surface area contributed by atoms with E-state index in [9.17, 15) is 0 Å². The molecular formula is C8H14N2S. The summed E-state index contributed by atoms with van der Waals surface area (Å²) in [5, 5.41) is 5.28. The van der Waals surface area contributed by atoms with E-state index in [0.717, 1.165) is 10.6 Å². The highest BCUT2D eigenvalue weighted by molar-refractivity contribution is 7.97. The lowest BCUT2D eigenvalue weighted by Gasteiger charge is -1.92. The second-order valence-electron chi connectivity index (χ2n) is 1.75. The lowest BCUT2D eigenvalue weighted by molar-refractivity contribution is 1.15. The van der Waals surface area contributed by atoms with E-state index in [-0.39, 0.29) is 0 Å². The van der Waals surface area contributed by atoms with Crippen LogP contribution in [0.15, 0.2) is 23.2 Å². The van der Waals surface area contributed by atoms with Crippen LogP contribution in [0.3, 0.4) is 0 Å². The standard InChI is InChI=1S/C6H8N2S.C2H6/c1-5-2-3-6(9-7)4-8-5;1-2/h2-4H,7H2,1H3;1-2H3. The lowest BCUT2D eigenvalue weighted by atomic mass is 10.4. The maximum Gasteiger partial charge on any atom is 0.0420 e. The Balaban J connectivity index is 0.000000461. The molecule has 1 aromatic heterocycles. The van der Waals surface area contributed by atoms with Crippen LogP contribution in [0.4, 0.5) is 0 Å². The third-order valence-electron chi connectivity index (χ3n) is 1.02. The Labute approximate surface area is 72.4 Å². The second-order valence-corrected chi connectivity index (χ2v) is 2.46. The van der Waals surface area contributed by atoms with Gasteiger partial charge in [-0.15, -0.1) is 0 Å². The summed E-state index contributed by atoms with van der Waals surface area (Å²) in [6.45, 7) is 5.95. The summed E-state index contributed by atoms with van der Waals surface area (Å²) < 4.78 is 0. The van der Waals surface area contributed by atoms with Gasteiger partial charge in [-0.25, -0.2) is 0 Å². The van der Waals surface area contributed by atoms with E-state index in [0.29, 0.717) is 0 Å². The zero-order valence-corrected chi connectivity index (χ0v) is 7.98. The molecule has 0 saturated heterocycles. The summed E-state index contributed by atoms with van der Waals surface area (Å²) in [6, 6.07) is 3.89. The number of rotatable bonds is 1. The van der Waals surface area contributed by atoms with Gasteiger partial charge in [0.1, 0.15) is 0 Å². The fourth-order valence-corrected chi connectivity index (χ4v) is 0.784. The van der Waals surface area contributed by atoms with Crippen molar-refractivity contribution in [1.29, 1.82) is 0 Å². The Morgan fingerprint density at radius 3 is 2.36 bits per heavy atom. The van der Waals surface area contributed by atoms with Crippen LogP contribution >= 0.6 is 11.9 Å². The van der Waals surface area contributed by atoms with Crippen molar-refractivity contribution in [2.24, 2.45) is 5.14 Å². The Kier molecular flexibility index (Phi) is 5.88. The van der Waals surface area contributed by atoms with Gasteiger partial charge in [-0.3, -0.25) is 10.1 Å². The third kappa shape index (κ3) is 4.01. The molecule has 1 aromatic rings. The molecule has 11 heavy (non-hydrogen) atoms. The van der Waals surface area contributed by atoms with Gasteiger partial charge >= 0.3 is 0 Å². The van der Waals surface area contributed by atoms with Gasteiger partial charge in [0.05, 0.1) is 0 Å². The molecule has 0 fully saturated rings. The molecule has 62 valence electrons. The molecule has 0 spiro atoms. The van der Waals surface area contributed by atoms with E-state index < -0.39 is 0 Å². The number of hydrogen-bond donors (Lipinski definition) is 1. The van der Waals surface area contributed by atoms with Crippen molar-refractivity contribution in [3.05, 3.63) is 24.0 Å². The number of aromatic nitrogens is 1. The largest absolute Gasteiger partial charge is 0.274 e. The topological polar surface area (TPSA) is 38.9 Å². The van der Waals surface area contributed by atoms with E-state index in [1.165, 1.54) is 11.9 Å². The molecule has 1 rings (SSSR count). The monoisotopic (exact) mass is 170 g/mol. The fourth-order valence-electron chi connectivity index (χ4n) is 0.524. The normalized spacial score (nSPS) is 8.36. The van der Waals surface area contributed by atoms with Gasteiger partial charge in [0.25, 0.3) is 0 Å². The van der Waals surface area contributed by atoms with E-state index in [2.05, 4.69) is 4.98 Å². The molecule has 0 bridgehead atoms. The first-order valence-electron chi connectivity index (χ1n) is 3.62. The van der Waals surface area contributed by atoms with Gasteiger partial charge in [-0.05, 0) is 31.0 Å². The number of pyridine rings is 1. The van der Waals surface area contributed by atoms with Crippen LogP contribution in [-0.2, 0) is 0 Å². The Morgan fingerprint density at radius 1 is 1.36 bits per heavy atom. The summed E-state index contributed by atoms with van der Waals surface area (Å²) in [4.78, 5) is 5.05. The third-order valence-corrected chi connectivity index (χ3v) is 1.53. The van der Waals surface area contributed by atoms with Crippen molar-refractivity contribution in [2.45, 2.75) is 25.7 Å². The average Bonchev–Trinajstić information content (AvgIpc) is 2.10. The first kappa shape index (κ1) is 10.5. The zero-order chi connectivity index (χ0) is 8.69. The highest BCUT2D eigenvalue weighted by Gasteiger charge is 1.87. The molecule has 0 aliphatic heterocycles. The predicted molar refractivity (Wildman–Crippen MR) is 50.4 cm³/mol. The fraction of sp³-hybridized carbons (Fsp3) is 0.375. The van der Waals surface area contributed by atoms with Crippen LogP contribution in [0.5, 0.6) is 0 Å². The van der Waals surface area contributed by atoms with Gasteiger partial charge in [0.15, 0.2) is 0 Å². The molecule has 1 heterocycles. The van der Waals surface area contributed by atoms with Crippen molar-refractivity contribution < 1.29 is 0 Å². The average molecular weight is 170 g/mol. The maximum absolute atomic E-state index is 5.28. The first-order chi connectivity index (χ1) is 5.33. The van der Waals surface area contributed by atoms with Crippen LogP contribution in [0.2, 0.25) is 0 Å². The number of nitrogens with two attached hydrogens (primary N) is 1. The summed E-state index contributed by atoms with van der Waals surface area (Å²) in [5.41, 5.74) is 1.02. The van der Waals surface area contributed by atoms with E-state index >= 15 is 0 Å². The van der Waals surface area contributed by atoms with Crippen LogP contribution in [0.1, 0.15) is 19.5 Å². The molecule has 0 amide bonds. The van der Waals surface area contributed by atoms with E-state index in [1.807, 2.05) is 32.9 Å². The van der Waals surface area contributed by atoms with Crippen LogP contribution in [0, 0.1) is 6.92 Å². The van der Waals surface area contributed by atoms with Crippen molar-refractivity contribution in [2.75, 3.05) is 0 Å². The smallest absolute Gasteiger partial charge is 0.0420 e. The predicted octanol–water partition coefficient (Wildman–Crippen LogP) is 2.38. The quantitative estimate of drug-likeness (QED) is 0.658. The summed E-state index contributed by atoms with van der Waals surface area (Å²) in [5.74, 6) is 0. The Bertz CT molecular complexity index is 184. The van der Waals surface area contributed by atoms with Crippen LogP contribution in [0.25, 0.3) is 0 Å². The summed E-state index contributed by atoms with van der Waals surface area (Å²) >= 11 is 1.21. The minimum absolute atomic E-state index is 1.00. The van der Waals surface area contributed by atoms with Gasteiger partial charge in [-0.1, -0.05) is 13.8 Å². The van der Waals surface area contributed by atoms with Gasteiger partial charge in [0.2, 0.25) is 0 Å². The number of aryl methyl sites for hydroxylation is 1. The molecule has 0 saturated carbocycles. The van der Waals surface area contributed by atoms with E-state index in [4.69, 9.17) is 5.14 Å². The molecule has 0 radical (unpaired) electrons. The summed E-state index contributed by atoms with van der Waals surface area (Å²) in [6.07, 6.45) is 1.76. The first-order valence-corrected chi connectivity index (χ1v) is 4.50. The van der Waals surface area contributed by atoms with E-state index in [1.54, 1.807) is 6.20 Å². The molecule has 0 aliphatic carbocycles. The lowest BCUT2D eigenvalue weighted by Crippen LogP contribution is -1.82. The van der Waals surface area contributed by atoms with Gasteiger partial charge in [0, 0.05) is 16.8 Å². The zero-order valence-electron chi connectivity index (χ0n) is 7.16. The molecule has 0 unspecified atom stereocenters. The number of nitrogens with zero attached hydrogens (tertiary/aromatic N) is 1. The van der Waals surface area contributed by atoms with Crippen molar-refractivity contribution in [3.63, 3.8) is 0 Å². The molecule has 0 aromatic carbocycles. The molecular weight excluding hydrogens is 156 g/mol. The second kappa shape index (κ2) is 6.19. The molecule has 2 N–H and O–H groups in total. The van der Waals surface area contributed by atoms with Crippen molar-refractivity contribution >= 4 is 11.9 Å². The molecule has 0 atom stereocenters. The SMILES string of the molecule is CC.Cc1ccc(SN)cn1. The highest BCUT2D eigenvalue weighted by atomic mass is 32.2. The molecule has 3 heteroatoms. The molecule has 2 nitrogen and oxygen atoms in total. The Morgan fingerprint density at radius 2 is 2.00 bits per heavy atom. The van der Waals surface area contributed by atoms with Crippen LogP contribution < -0.4 is 5.14 Å². The van der Waals surface area contributed by atoms with Crippen molar-refractivity contribution in [1.82, 2.24) is 4.98 Å². The summed E-state index contributed by atoms with van der Waals surface area (Å²) in [7, 11) is 0.